The maximum Gasteiger partial charge on any atom is 0.226 e. The summed E-state index contributed by atoms with van der Waals surface area (Å²) in [6, 6.07) is 18.0. The van der Waals surface area contributed by atoms with Crippen LogP contribution in [0.5, 0.6) is 5.75 Å². The minimum absolute atomic E-state index is 0.111. The van der Waals surface area contributed by atoms with E-state index in [0.717, 1.165) is 54.4 Å². The Morgan fingerprint density at radius 3 is 2.57 bits per heavy atom. The quantitative estimate of drug-likeness (QED) is 0.500. The van der Waals surface area contributed by atoms with Crippen molar-refractivity contribution in [2.45, 2.75) is 32.5 Å². The predicted molar refractivity (Wildman–Crippen MR) is 116 cm³/mol. The van der Waals surface area contributed by atoms with Crippen molar-refractivity contribution in [2.24, 2.45) is 0 Å². The lowest BCUT2D eigenvalue weighted by molar-refractivity contribution is -0.175. The molecule has 0 atom stereocenters. The molecule has 1 aliphatic heterocycles. The summed E-state index contributed by atoms with van der Waals surface area (Å²) in [5.74, 6) is 2.34. The van der Waals surface area contributed by atoms with E-state index in [4.69, 9.17) is 18.6 Å². The van der Waals surface area contributed by atoms with Gasteiger partial charge in [-0.1, -0.05) is 42.5 Å². The molecule has 2 aromatic carbocycles. The summed E-state index contributed by atoms with van der Waals surface area (Å²) >= 11 is 0. The highest BCUT2D eigenvalue weighted by atomic mass is 16.7. The van der Waals surface area contributed by atoms with Gasteiger partial charge in [-0.3, -0.25) is 0 Å². The number of hydrogen-bond donors (Lipinski definition) is 0. The predicted octanol–water partition coefficient (Wildman–Crippen LogP) is 5.44. The lowest BCUT2D eigenvalue weighted by Gasteiger charge is -2.21. The van der Waals surface area contributed by atoms with E-state index in [1.54, 1.807) is 0 Å². The molecule has 30 heavy (non-hydrogen) atoms. The van der Waals surface area contributed by atoms with Crippen LogP contribution in [0.2, 0.25) is 0 Å². The number of benzene rings is 2. The average molecular weight is 405 g/mol. The summed E-state index contributed by atoms with van der Waals surface area (Å²) in [6.07, 6.45) is 6.50. The number of nitrogens with zero attached hydrogens (tertiary/aromatic N) is 1. The van der Waals surface area contributed by atoms with Gasteiger partial charge in [0.15, 0.2) is 6.29 Å². The van der Waals surface area contributed by atoms with Gasteiger partial charge >= 0.3 is 0 Å². The van der Waals surface area contributed by atoms with Crippen LogP contribution in [-0.4, -0.2) is 31.1 Å². The number of rotatable bonds is 8. The molecule has 0 aliphatic carbocycles. The van der Waals surface area contributed by atoms with Gasteiger partial charge in [-0.05, 0) is 43.2 Å². The normalized spacial score (nSPS) is 15.0. The Bertz CT molecular complexity index is 941. The molecule has 1 aromatic heterocycles. The molecule has 2 heterocycles. The first-order chi connectivity index (χ1) is 14.8. The van der Waals surface area contributed by atoms with Crippen LogP contribution in [-0.2, 0) is 15.9 Å². The third kappa shape index (κ3) is 5.59. The summed E-state index contributed by atoms with van der Waals surface area (Å²) in [4.78, 5) is 4.62. The number of aryl methyl sites for hydroxylation is 1. The van der Waals surface area contributed by atoms with Gasteiger partial charge in [0.05, 0.1) is 25.5 Å². The van der Waals surface area contributed by atoms with E-state index in [0.29, 0.717) is 18.9 Å². The van der Waals surface area contributed by atoms with Crippen molar-refractivity contribution < 1.29 is 18.6 Å². The lowest BCUT2D eigenvalue weighted by Crippen LogP contribution is -2.23. The second kappa shape index (κ2) is 10.2. The molecule has 1 aliphatic rings. The van der Waals surface area contributed by atoms with E-state index in [-0.39, 0.29) is 6.29 Å². The Morgan fingerprint density at radius 1 is 1.03 bits per heavy atom. The van der Waals surface area contributed by atoms with Crippen molar-refractivity contribution >= 4 is 6.08 Å². The summed E-state index contributed by atoms with van der Waals surface area (Å²) in [5, 5.41) is 0. The standard InChI is InChI=1S/C25H27NO4/c1-19-23(26-25(30-19)21-8-3-2-4-9-21)15-18-27-22-13-11-20(12-14-22)7-5-10-24-28-16-6-17-29-24/h2-5,7-9,11-14,24H,6,10,15-18H2,1H3. The molecule has 0 N–H and O–H groups in total. The average Bonchev–Trinajstić information content (AvgIpc) is 3.17. The van der Waals surface area contributed by atoms with Crippen LogP contribution < -0.4 is 4.74 Å². The molecule has 0 spiro atoms. The first kappa shape index (κ1) is 20.4. The highest BCUT2D eigenvalue weighted by Gasteiger charge is 2.12. The Labute approximate surface area is 177 Å². The van der Waals surface area contributed by atoms with Gasteiger partial charge in [-0.25, -0.2) is 4.98 Å². The largest absolute Gasteiger partial charge is 0.493 e. The van der Waals surface area contributed by atoms with E-state index < -0.39 is 0 Å². The third-order valence-corrected chi connectivity index (χ3v) is 4.94. The number of oxazole rings is 1. The first-order valence-corrected chi connectivity index (χ1v) is 10.4. The van der Waals surface area contributed by atoms with E-state index in [2.05, 4.69) is 17.1 Å². The van der Waals surface area contributed by atoms with Crippen LogP contribution >= 0.6 is 0 Å². The van der Waals surface area contributed by atoms with E-state index in [1.165, 1.54) is 0 Å². The molecule has 0 unspecified atom stereocenters. The zero-order valence-corrected chi connectivity index (χ0v) is 17.3. The monoisotopic (exact) mass is 405 g/mol. The van der Waals surface area contributed by atoms with Crippen LogP contribution in [0, 0.1) is 6.92 Å². The molecule has 5 heteroatoms. The second-order valence-corrected chi connectivity index (χ2v) is 7.22. The molecule has 1 fully saturated rings. The fraction of sp³-hybridized carbons (Fsp3) is 0.320. The summed E-state index contributed by atoms with van der Waals surface area (Å²) < 4.78 is 22.8. The van der Waals surface area contributed by atoms with Crippen molar-refractivity contribution in [3.05, 3.63) is 77.7 Å². The Kier molecular flexibility index (Phi) is 6.95. The minimum atomic E-state index is -0.111. The molecule has 5 nitrogen and oxygen atoms in total. The highest BCUT2D eigenvalue weighted by molar-refractivity contribution is 5.53. The molecule has 1 saturated heterocycles. The molecule has 156 valence electrons. The summed E-state index contributed by atoms with van der Waals surface area (Å²) in [7, 11) is 0. The van der Waals surface area contributed by atoms with Gasteiger partial charge in [0.1, 0.15) is 11.5 Å². The van der Waals surface area contributed by atoms with Crippen LogP contribution in [0.25, 0.3) is 17.5 Å². The summed E-state index contributed by atoms with van der Waals surface area (Å²) in [6.45, 7) is 4.06. The Morgan fingerprint density at radius 2 is 1.80 bits per heavy atom. The van der Waals surface area contributed by atoms with Crippen molar-refractivity contribution in [1.82, 2.24) is 4.98 Å². The maximum atomic E-state index is 5.89. The van der Waals surface area contributed by atoms with Crippen LogP contribution in [0.15, 0.2) is 65.1 Å². The molecular weight excluding hydrogens is 378 g/mol. The molecule has 4 rings (SSSR count). The molecule has 3 aromatic rings. The van der Waals surface area contributed by atoms with Gasteiger partial charge in [-0.15, -0.1) is 0 Å². The zero-order valence-electron chi connectivity index (χ0n) is 17.3. The van der Waals surface area contributed by atoms with Crippen LogP contribution in [0.3, 0.4) is 0 Å². The second-order valence-electron chi connectivity index (χ2n) is 7.22. The van der Waals surface area contributed by atoms with Gasteiger partial charge in [0.25, 0.3) is 0 Å². The minimum Gasteiger partial charge on any atom is -0.493 e. The zero-order chi connectivity index (χ0) is 20.6. The van der Waals surface area contributed by atoms with Gasteiger partial charge < -0.3 is 18.6 Å². The van der Waals surface area contributed by atoms with Crippen molar-refractivity contribution in [3.63, 3.8) is 0 Å². The fourth-order valence-electron chi connectivity index (χ4n) is 3.29. The number of ether oxygens (including phenoxy) is 3. The third-order valence-electron chi connectivity index (χ3n) is 4.94. The number of hydrogen-bond acceptors (Lipinski definition) is 5. The van der Waals surface area contributed by atoms with Crippen LogP contribution in [0.4, 0.5) is 0 Å². The van der Waals surface area contributed by atoms with Gasteiger partial charge in [0.2, 0.25) is 5.89 Å². The van der Waals surface area contributed by atoms with E-state index in [1.807, 2.05) is 61.5 Å². The van der Waals surface area contributed by atoms with E-state index >= 15 is 0 Å². The van der Waals surface area contributed by atoms with Crippen molar-refractivity contribution in [1.29, 1.82) is 0 Å². The highest BCUT2D eigenvalue weighted by Crippen LogP contribution is 2.22. The fourth-order valence-corrected chi connectivity index (χ4v) is 3.29. The van der Waals surface area contributed by atoms with Gasteiger partial charge in [-0.2, -0.15) is 0 Å². The maximum absolute atomic E-state index is 5.89. The summed E-state index contributed by atoms with van der Waals surface area (Å²) in [5.41, 5.74) is 3.04. The topological polar surface area (TPSA) is 53.7 Å². The number of aromatic nitrogens is 1. The Balaban J connectivity index is 1.25. The first-order valence-electron chi connectivity index (χ1n) is 10.4. The van der Waals surface area contributed by atoms with Gasteiger partial charge in [0, 0.05) is 18.4 Å². The molecular formula is C25H27NO4. The molecule has 0 radical (unpaired) electrons. The van der Waals surface area contributed by atoms with E-state index in [9.17, 15) is 0 Å². The van der Waals surface area contributed by atoms with Crippen molar-refractivity contribution in [2.75, 3.05) is 19.8 Å². The molecule has 0 amide bonds. The van der Waals surface area contributed by atoms with Crippen LogP contribution in [0.1, 0.15) is 29.9 Å². The smallest absolute Gasteiger partial charge is 0.226 e. The lowest BCUT2D eigenvalue weighted by atomic mass is 10.2. The molecule has 0 bridgehead atoms. The van der Waals surface area contributed by atoms with Crippen molar-refractivity contribution in [3.8, 4) is 17.2 Å². The SMILES string of the molecule is Cc1oc(-c2ccccc2)nc1CCOc1ccc(C=CCC2OCCCO2)cc1. The molecule has 0 saturated carbocycles. The Hall–Kier alpha value is -2.89.